The molecule has 1 N–H and O–H groups in total. The van der Waals surface area contributed by atoms with E-state index in [2.05, 4.69) is 5.32 Å². The Bertz CT molecular complexity index is 803. The minimum atomic E-state index is -0.130. The molecule has 0 radical (unpaired) electrons. The number of amides is 2. The number of halogens is 1. The minimum absolute atomic E-state index is 0.00170. The van der Waals surface area contributed by atoms with Crippen LogP contribution in [0.4, 0.5) is 11.4 Å². The Labute approximate surface area is 151 Å². The maximum Gasteiger partial charge on any atom is 0.265 e. The molecule has 0 saturated heterocycles. The summed E-state index contributed by atoms with van der Waals surface area (Å²) in [5.41, 5.74) is 2.24. The third-order valence-corrected chi connectivity index (χ3v) is 4.20. The molecule has 1 aliphatic heterocycles. The number of carbonyl (C=O) groups excluding carboxylic acids is 2. The van der Waals surface area contributed by atoms with Crippen LogP contribution in [-0.2, 0) is 16.1 Å². The fourth-order valence-corrected chi connectivity index (χ4v) is 2.64. The minimum Gasteiger partial charge on any atom is -0.482 e. The summed E-state index contributed by atoms with van der Waals surface area (Å²) in [6.45, 7) is 4.06. The molecule has 0 aliphatic carbocycles. The summed E-state index contributed by atoms with van der Waals surface area (Å²) in [7, 11) is 0. The first-order valence-corrected chi connectivity index (χ1v) is 8.44. The second-order valence-corrected chi connectivity index (χ2v) is 6.66. The molecular formula is C19H19ClN2O3. The van der Waals surface area contributed by atoms with E-state index in [0.29, 0.717) is 28.7 Å². The molecule has 130 valence electrons. The molecule has 3 rings (SSSR count). The summed E-state index contributed by atoms with van der Waals surface area (Å²) in [5.74, 6) is 0.289. The van der Waals surface area contributed by atoms with Gasteiger partial charge in [0, 0.05) is 16.6 Å². The van der Waals surface area contributed by atoms with E-state index in [1.54, 1.807) is 35.2 Å². The first kappa shape index (κ1) is 17.3. The first-order chi connectivity index (χ1) is 11.9. The highest BCUT2D eigenvalue weighted by atomic mass is 35.5. The first-order valence-electron chi connectivity index (χ1n) is 8.06. The van der Waals surface area contributed by atoms with Crippen LogP contribution in [0.5, 0.6) is 5.75 Å². The molecule has 0 atom stereocenters. The van der Waals surface area contributed by atoms with Crippen molar-refractivity contribution < 1.29 is 14.3 Å². The number of hydrogen-bond acceptors (Lipinski definition) is 3. The molecule has 5 nitrogen and oxygen atoms in total. The molecule has 25 heavy (non-hydrogen) atoms. The molecule has 0 unspecified atom stereocenters. The summed E-state index contributed by atoms with van der Waals surface area (Å²) in [6.07, 6.45) is 0. The van der Waals surface area contributed by atoms with Crippen molar-refractivity contribution in [3.63, 3.8) is 0 Å². The Morgan fingerprint density at radius 2 is 1.96 bits per heavy atom. The summed E-state index contributed by atoms with van der Waals surface area (Å²) in [5, 5.41) is 3.50. The van der Waals surface area contributed by atoms with Gasteiger partial charge in [-0.05, 0) is 35.9 Å². The van der Waals surface area contributed by atoms with Crippen LogP contribution in [0.2, 0.25) is 5.02 Å². The Kier molecular flexibility index (Phi) is 4.95. The average molecular weight is 359 g/mol. The van der Waals surface area contributed by atoms with Crippen LogP contribution >= 0.6 is 11.6 Å². The van der Waals surface area contributed by atoms with Gasteiger partial charge in [0.15, 0.2) is 6.61 Å². The average Bonchev–Trinajstić information content (AvgIpc) is 2.59. The van der Waals surface area contributed by atoms with Gasteiger partial charge in [0.05, 0.1) is 12.2 Å². The Balaban J connectivity index is 1.89. The third-order valence-electron chi connectivity index (χ3n) is 3.95. The quantitative estimate of drug-likeness (QED) is 0.902. The zero-order valence-electron chi connectivity index (χ0n) is 14.1. The molecule has 0 spiro atoms. The number of carbonyl (C=O) groups is 2. The second-order valence-electron chi connectivity index (χ2n) is 6.22. The monoisotopic (exact) mass is 358 g/mol. The van der Waals surface area contributed by atoms with Crippen molar-refractivity contribution in [2.75, 3.05) is 16.8 Å². The van der Waals surface area contributed by atoms with Crippen molar-refractivity contribution in [3.05, 3.63) is 53.1 Å². The summed E-state index contributed by atoms with van der Waals surface area (Å²) >= 11 is 5.92. The summed E-state index contributed by atoms with van der Waals surface area (Å²) in [4.78, 5) is 25.9. The van der Waals surface area contributed by atoms with Gasteiger partial charge in [0.25, 0.3) is 5.91 Å². The Hall–Kier alpha value is -2.53. The topological polar surface area (TPSA) is 58.6 Å². The summed E-state index contributed by atoms with van der Waals surface area (Å²) < 4.78 is 5.51. The van der Waals surface area contributed by atoms with Gasteiger partial charge in [-0.2, -0.15) is 0 Å². The maximum absolute atomic E-state index is 12.4. The lowest BCUT2D eigenvalue weighted by atomic mass is 10.1. The highest BCUT2D eigenvalue weighted by Gasteiger charge is 2.26. The molecule has 2 aromatic rings. The molecule has 1 aliphatic rings. The molecule has 6 heteroatoms. The number of ether oxygens (including phenoxy) is 1. The molecule has 0 aromatic heterocycles. The Morgan fingerprint density at radius 3 is 2.64 bits per heavy atom. The molecule has 0 bridgehead atoms. The van der Waals surface area contributed by atoms with Gasteiger partial charge in [-0.15, -0.1) is 0 Å². The van der Waals surface area contributed by atoms with Crippen molar-refractivity contribution in [1.29, 1.82) is 0 Å². The smallest absolute Gasteiger partial charge is 0.265 e. The molecule has 2 aromatic carbocycles. The van der Waals surface area contributed by atoms with Gasteiger partial charge < -0.3 is 15.0 Å². The van der Waals surface area contributed by atoms with Gasteiger partial charge in [-0.1, -0.05) is 37.6 Å². The number of rotatable bonds is 4. The van der Waals surface area contributed by atoms with Crippen LogP contribution in [0.1, 0.15) is 19.4 Å². The number of nitrogens with zero attached hydrogens (tertiary/aromatic N) is 1. The number of benzene rings is 2. The van der Waals surface area contributed by atoms with Crippen molar-refractivity contribution >= 4 is 34.8 Å². The Morgan fingerprint density at radius 1 is 1.24 bits per heavy atom. The van der Waals surface area contributed by atoms with Gasteiger partial charge in [0.2, 0.25) is 5.91 Å². The number of hydrogen-bond donors (Lipinski definition) is 1. The van der Waals surface area contributed by atoms with E-state index in [9.17, 15) is 9.59 Å². The number of anilines is 2. The highest BCUT2D eigenvalue weighted by molar-refractivity contribution is 6.30. The lowest BCUT2D eigenvalue weighted by molar-refractivity contribution is -0.121. The lowest BCUT2D eigenvalue weighted by Gasteiger charge is -2.30. The number of nitrogens with one attached hydrogen (secondary N) is 1. The SMILES string of the molecule is CC(C)C(=O)Nc1ccc2c(c1)N(Cc1ccc(Cl)cc1)C(=O)CO2. The van der Waals surface area contributed by atoms with Crippen LogP contribution in [-0.4, -0.2) is 18.4 Å². The van der Waals surface area contributed by atoms with E-state index in [-0.39, 0.29) is 24.3 Å². The highest BCUT2D eigenvalue weighted by Crippen LogP contribution is 2.35. The van der Waals surface area contributed by atoms with Gasteiger partial charge in [0.1, 0.15) is 5.75 Å². The van der Waals surface area contributed by atoms with Crippen molar-refractivity contribution in [2.24, 2.45) is 5.92 Å². The van der Waals surface area contributed by atoms with Crippen molar-refractivity contribution in [2.45, 2.75) is 20.4 Å². The van der Waals surface area contributed by atoms with E-state index < -0.39 is 0 Å². The van der Waals surface area contributed by atoms with E-state index >= 15 is 0 Å². The number of fused-ring (bicyclic) bond motifs is 1. The van der Waals surface area contributed by atoms with Gasteiger partial charge in [-0.3, -0.25) is 9.59 Å². The standard InChI is InChI=1S/C19H19ClN2O3/c1-12(2)19(24)21-15-7-8-17-16(9-15)22(18(23)11-25-17)10-13-3-5-14(20)6-4-13/h3-9,12H,10-11H2,1-2H3,(H,21,24). The molecule has 0 saturated carbocycles. The molecule has 2 amide bonds. The fourth-order valence-electron chi connectivity index (χ4n) is 2.51. The van der Waals surface area contributed by atoms with E-state index in [4.69, 9.17) is 16.3 Å². The van der Waals surface area contributed by atoms with E-state index in [1.165, 1.54) is 0 Å². The largest absolute Gasteiger partial charge is 0.482 e. The molecule has 1 heterocycles. The maximum atomic E-state index is 12.4. The fraction of sp³-hybridized carbons (Fsp3) is 0.263. The lowest BCUT2D eigenvalue weighted by Crippen LogP contribution is -2.38. The van der Waals surface area contributed by atoms with Gasteiger partial charge in [-0.25, -0.2) is 0 Å². The van der Waals surface area contributed by atoms with Gasteiger partial charge >= 0.3 is 0 Å². The van der Waals surface area contributed by atoms with E-state index in [1.807, 2.05) is 26.0 Å². The predicted molar refractivity (Wildman–Crippen MR) is 98.0 cm³/mol. The van der Waals surface area contributed by atoms with Crippen LogP contribution in [0.25, 0.3) is 0 Å². The third kappa shape index (κ3) is 3.94. The van der Waals surface area contributed by atoms with E-state index in [0.717, 1.165) is 5.56 Å². The predicted octanol–water partition coefficient (Wildman–Crippen LogP) is 3.86. The second kappa shape index (κ2) is 7.15. The van der Waals surface area contributed by atoms with Crippen LogP contribution < -0.4 is 15.0 Å². The molecular weight excluding hydrogens is 340 g/mol. The normalized spacial score (nSPS) is 13.4. The van der Waals surface area contributed by atoms with Crippen molar-refractivity contribution in [1.82, 2.24) is 0 Å². The van der Waals surface area contributed by atoms with Crippen molar-refractivity contribution in [3.8, 4) is 5.75 Å². The van der Waals surface area contributed by atoms with Crippen LogP contribution in [0.15, 0.2) is 42.5 Å². The van der Waals surface area contributed by atoms with Crippen LogP contribution in [0, 0.1) is 5.92 Å². The summed E-state index contributed by atoms with van der Waals surface area (Å²) in [6, 6.07) is 12.7. The molecule has 0 fully saturated rings. The zero-order chi connectivity index (χ0) is 18.0. The zero-order valence-corrected chi connectivity index (χ0v) is 14.8. The van der Waals surface area contributed by atoms with Crippen LogP contribution in [0.3, 0.4) is 0 Å².